The number of fused-ring (bicyclic) bond motifs is 1. The van der Waals surface area contributed by atoms with Crippen LogP contribution in [0.2, 0.25) is 10.0 Å². The quantitative estimate of drug-likeness (QED) is 0.563. The third kappa shape index (κ3) is 3.19. The van der Waals surface area contributed by atoms with Gasteiger partial charge in [0.2, 0.25) is 0 Å². The zero-order valence-electron chi connectivity index (χ0n) is 12.0. The summed E-state index contributed by atoms with van der Waals surface area (Å²) < 4.78 is 38.7. The molecule has 1 radical (unpaired) electrons. The molecule has 0 atom stereocenters. The number of nitrogens with one attached hydrogen (secondary N) is 1. The molecule has 119 valence electrons. The normalized spacial score (nSPS) is 12.1. The van der Waals surface area contributed by atoms with Gasteiger partial charge in [0, 0.05) is 34.1 Å². The van der Waals surface area contributed by atoms with Gasteiger partial charge in [-0.15, -0.1) is 0 Å². The molecular weight excluding hydrogens is 346 g/mol. The lowest BCUT2D eigenvalue weighted by atomic mass is 10.1. The number of rotatable bonds is 2. The summed E-state index contributed by atoms with van der Waals surface area (Å²) in [6, 6.07) is 10.1. The molecule has 0 aliphatic rings. The standard InChI is InChI=1S/C17H11Cl2F3N/c1-9-5-11(17(20,21)22)6-10-7-12(23-16(9)10)8-13-14(18)3-2-4-15(13)19/h2-3,5-7,23H,8H2,1H3. The van der Waals surface area contributed by atoms with Crippen LogP contribution in [0.15, 0.2) is 30.3 Å². The van der Waals surface area contributed by atoms with E-state index >= 15 is 0 Å². The predicted octanol–water partition coefficient (Wildman–Crippen LogP) is 6.19. The Balaban J connectivity index is 2.05. The maximum absolute atomic E-state index is 12.9. The third-order valence-corrected chi connectivity index (χ3v) is 4.36. The Morgan fingerprint density at radius 1 is 1.17 bits per heavy atom. The van der Waals surface area contributed by atoms with Crippen LogP contribution in [-0.2, 0) is 12.6 Å². The average Bonchev–Trinajstić information content (AvgIpc) is 2.85. The van der Waals surface area contributed by atoms with Crippen molar-refractivity contribution in [3.8, 4) is 0 Å². The fourth-order valence-electron chi connectivity index (χ4n) is 2.58. The summed E-state index contributed by atoms with van der Waals surface area (Å²) in [5.41, 5.74) is 2.00. The van der Waals surface area contributed by atoms with Gasteiger partial charge >= 0.3 is 6.18 Å². The van der Waals surface area contributed by atoms with Crippen LogP contribution in [0.3, 0.4) is 0 Å². The molecule has 0 unspecified atom stereocenters. The van der Waals surface area contributed by atoms with E-state index in [4.69, 9.17) is 23.2 Å². The van der Waals surface area contributed by atoms with Crippen LogP contribution in [-0.4, -0.2) is 4.98 Å². The predicted molar refractivity (Wildman–Crippen MR) is 86.1 cm³/mol. The number of aromatic nitrogens is 1. The lowest BCUT2D eigenvalue weighted by Gasteiger charge is -2.08. The van der Waals surface area contributed by atoms with Crippen LogP contribution < -0.4 is 0 Å². The summed E-state index contributed by atoms with van der Waals surface area (Å²) in [7, 11) is 0. The Kier molecular flexibility index (Phi) is 4.07. The Morgan fingerprint density at radius 2 is 1.91 bits per heavy atom. The highest BCUT2D eigenvalue weighted by atomic mass is 35.5. The molecule has 0 aliphatic heterocycles. The fraction of sp³-hybridized carbons (Fsp3) is 0.176. The molecule has 3 aromatic rings. The number of aromatic amines is 1. The van der Waals surface area contributed by atoms with Gasteiger partial charge in [-0.05, 0) is 42.3 Å². The van der Waals surface area contributed by atoms with E-state index in [2.05, 4.69) is 11.1 Å². The number of hydrogen-bond donors (Lipinski definition) is 1. The molecule has 3 rings (SSSR count). The molecule has 6 heteroatoms. The van der Waals surface area contributed by atoms with Crippen molar-refractivity contribution in [2.24, 2.45) is 0 Å². The zero-order chi connectivity index (χ0) is 16.8. The van der Waals surface area contributed by atoms with E-state index in [9.17, 15) is 13.2 Å². The smallest absolute Gasteiger partial charge is 0.358 e. The van der Waals surface area contributed by atoms with Gasteiger partial charge in [-0.1, -0.05) is 29.3 Å². The number of aryl methyl sites for hydroxylation is 1. The van der Waals surface area contributed by atoms with Gasteiger partial charge in [-0.2, -0.15) is 13.2 Å². The molecule has 0 spiro atoms. The van der Waals surface area contributed by atoms with Crippen molar-refractivity contribution >= 4 is 34.1 Å². The van der Waals surface area contributed by atoms with E-state index < -0.39 is 11.7 Å². The zero-order valence-corrected chi connectivity index (χ0v) is 13.5. The number of H-pyrrole nitrogens is 1. The van der Waals surface area contributed by atoms with E-state index in [1.54, 1.807) is 25.1 Å². The first-order valence-corrected chi connectivity index (χ1v) is 7.55. The molecular formula is C17H11Cl2F3N. The number of hydrogen-bond acceptors (Lipinski definition) is 0. The van der Waals surface area contributed by atoms with Crippen LogP contribution in [0.4, 0.5) is 13.2 Å². The SMILES string of the molecule is Cc1cc(C(F)(F)F)cc2cc(Cc3c(Cl)[c]ccc3Cl)[nH]c12. The van der Waals surface area contributed by atoms with E-state index in [0.717, 1.165) is 17.8 Å². The van der Waals surface area contributed by atoms with Crippen LogP contribution in [0, 0.1) is 13.0 Å². The number of benzene rings is 2. The molecule has 0 saturated carbocycles. The minimum absolute atomic E-state index is 0.393. The first-order valence-electron chi connectivity index (χ1n) is 6.79. The fourth-order valence-corrected chi connectivity index (χ4v) is 3.08. The second kappa shape index (κ2) is 5.77. The van der Waals surface area contributed by atoms with Crippen molar-refractivity contribution in [3.63, 3.8) is 0 Å². The molecule has 0 fully saturated rings. The monoisotopic (exact) mass is 356 g/mol. The van der Waals surface area contributed by atoms with Gasteiger partial charge in [-0.3, -0.25) is 0 Å². The third-order valence-electron chi connectivity index (χ3n) is 3.67. The van der Waals surface area contributed by atoms with Crippen LogP contribution in [0.5, 0.6) is 0 Å². The Bertz CT molecular complexity index is 861. The molecule has 0 saturated heterocycles. The Morgan fingerprint density at radius 3 is 2.57 bits per heavy atom. The minimum Gasteiger partial charge on any atom is -0.358 e. The summed E-state index contributed by atoms with van der Waals surface area (Å²) in [4.78, 5) is 3.15. The summed E-state index contributed by atoms with van der Waals surface area (Å²) >= 11 is 12.2. The van der Waals surface area contributed by atoms with Crippen LogP contribution in [0.1, 0.15) is 22.4 Å². The minimum atomic E-state index is -4.36. The molecule has 1 N–H and O–H groups in total. The maximum atomic E-state index is 12.9. The molecule has 0 bridgehead atoms. The van der Waals surface area contributed by atoms with Crippen molar-refractivity contribution < 1.29 is 13.2 Å². The van der Waals surface area contributed by atoms with Gasteiger partial charge in [0.15, 0.2) is 0 Å². The van der Waals surface area contributed by atoms with E-state index in [1.165, 1.54) is 0 Å². The largest absolute Gasteiger partial charge is 0.416 e. The highest BCUT2D eigenvalue weighted by Gasteiger charge is 2.31. The van der Waals surface area contributed by atoms with Crippen molar-refractivity contribution in [1.82, 2.24) is 4.98 Å². The second-order valence-corrected chi connectivity index (χ2v) is 6.13. The Labute approximate surface area is 141 Å². The molecule has 1 aromatic heterocycles. The molecule has 2 aromatic carbocycles. The highest BCUT2D eigenvalue weighted by Crippen LogP contribution is 2.34. The molecule has 0 amide bonds. The summed E-state index contributed by atoms with van der Waals surface area (Å²) in [5, 5.41) is 1.42. The van der Waals surface area contributed by atoms with Gasteiger partial charge in [0.05, 0.1) is 10.6 Å². The molecule has 0 aliphatic carbocycles. The van der Waals surface area contributed by atoms with Gasteiger partial charge in [0.25, 0.3) is 0 Å². The van der Waals surface area contributed by atoms with Crippen molar-refractivity contribution in [3.05, 3.63) is 68.8 Å². The highest BCUT2D eigenvalue weighted by molar-refractivity contribution is 6.35. The van der Waals surface area contributed by atoms with Gasteiger partial charge < -0.3 is 4.98 Å². The lowest BCUT2D eigenvalue weighted by Crippen LogP contribution is -2.04. The number of halogens is 5. The molecule has 23 heavy (non-hydrogen) atoms. The first-order chi connectivity index (χ1) is 10.8. The van der Waals surface area contributed by atoms with E-state index in [-0.39, 0.29) is 0 Å². The second-order valence-electron chi connectivity index (χ2n) is 5.34. The first kappa shape index (κ1) is 16.2. The van der Waals surface area contributed by atoms with Gasteiger partial charge in [-0.25, -0.2) is 0 Å². The van der Waals surface area contributed by atoms with Crippen molar-refractivity contribution in [2.45, 2.75) is 19.5 Å². The van der Waals surface area contributed by atoms with Crippen LogP contribution >= 0.6 is 23.2 Å². The van der Waals surface area contributed by atoms with Crippen molar-refractivity contribution in [1.29, 1.82) is 0 Å². The lowest BCUT2D eigenvalue weighted by molar-refractivity contribution is -0.137. The van der Waals surface area contributed by atoms with Crippen molar-refractivity contribution in [2.75, 3.05) is 0 Å². The maximum Gasteiger partial charge on any atom is 0.416 e. The summed E-state index contributed by atoms with van der Waals surface area (Å²) in [5.74, 6) is 0. The number of alkyl halides is 3. The average molecular weight is 357 g/mol. The van der Waals surface area contributed by atoms with E-state index in [1.807, 2.05) is 0 Å². The van der Waals surface area contributed by atoms with Gasteiger partial charge in [0.1, 0.15) is 0 Å². The summed E-state index contributed by atoms with van der Waals surface area (Å²) in [6.45, 7) is 1.65. The Hall–Kier alpha value is -1.65. The van der Waals surface area contributed by atoms with E-state index in [0.29, 0.717) is 38.5 Å². The molecule has 1 heterocycles. The summed E-state index contributed by atoms with van der Waals surface area (Å²) in [6.07, 6.45) is -3.97. The van der Waals surface area contributed by atoms with Crippen LogP contribution in [0.25, 0.3) is 10.9 Å². The molecule has 1 nitrogen and oxygen atoms in total. The topological polar surface area (TPSA) is 15.8 Å².